The van der Waals surface area contributed by atoms with Crippen molar-refractivity contribution in [2.75, 3.05) is 20.2 Å². The molecule has 0 aliphatic carbocycles. The highest BCUT2D eigenvalue weighted by Gasteiger charge is 2.50. The summed E-state index contributed by atoms with van der Waals surface area (Å²) in [4.78, 5) is 50.5. The van der Waals surface area contributed by atoms with Crippen molar-refractivity contribution in [3.05, 3.63) is 65.7 Å². The topological polar surface area (TPSA) is 98.5 Å². The highest BCUT2D eigenvalue weighted by molar-refractivity contribution is 6.02. The standard InChI is InChI=1S/C31H33FN4O4/c1-31(2,3)21(14-25(37)23-11-17-7-5-9-22(32)27(17)33-23)29(38)35-15-20-13-19(35)16-36(20)30(39)24-12-18-8-6-10-26(40-4)28(18)34-24/h5-12,19-21,33-34H,13-16H2,1-4H3/t19-,20-,21+/m0/s1. The molecule has 6 rings (SSSR count). The number of piperazine rings is 1. The Morgan fingerprint density at radius 1 is 0.950 bits per heavy atom. The summed E-state index contributed by atoms with van der Waals surface area (Å²) in [6.45, 7) is 6.77. The number of para-hydroxylation sites is 2. The molecule has 2 fully saturated rings. The Labute approximate surface area is 231 Å². The van der Waals surface area contributed by atoms with E-state index < -0.39 is 17.2 Å². The molecule has 9 heteroatoms. The van der Waals surface area contributed by atoms with Gasteiger partial charge in [0.05, 0.1) is 41.8 Å². The lowest BCUT2D eigenvalue weighted by molar-refractivity contribution is -0.141. The first-order chi connectivity index (χ1) is 19.0. The first kappa shape index (κ1) is 26.1. The Balaban J connectivity index is 1.17. The van der Waals surface area contributed by atoms with E-state index in [1.807, 2.05) is 54.8 Å². The van der Waals surface area contributed by atoms with Gasteiger partial charge in [-0.05, 0) is 36.1 Å². The Morgan fingerprint density at radius 2 is 1.57 bits per heavy atom. The number of amides is 2. The normalized spacial score (nSPS) is 19.5. The molecule has 0 saturated carbocycles. The zero-order valence-electron chi connectivity index (χ0n) is 23.1. The van der Waals surface area contributed by atoms with Crippen LogP contribution in [-0.2, 0) is 4.79 Å². The number of carbonyl (C=O) groups is 3. The van der Waals surface area contributed by atoms with Crippen LogP contribution in [0.25, 0.3) is 21.8 Å². The second-order valence-corrected chi connectivity index (χ2v) is 12.0. The van der Waals surface area contributed by atoms with Crippen LogP contribution in [0.4, 0.5) is 4.39 Å². The number of ether oxygens (including phenoxy) is 1. The SMILES string of the molecule is COc1cccc2cc(C(=O)N3C[C@@H]4C[C@H]3CN4C(=O)[C@@H](CC(=O)c3cc4cccc(F)c4[nH]3)C(C)(C)C)[nH]c12. The van der Waals surface area contributed by atoms with Crippen LogP contribution in [-0.4, -0.2) is 69.6 Å². The molecule has 40 heavy (non-hydrogen) atoms. The average Bonchev–Trinajstić information content (AvgIpc) is 3.71. The first-order valence-electron chi connectivity index (χ1n) is 13.6. The quantitative estimate of drug-likeness (QED) is 0.328. The number of likely N-dealkylation sites (tertiary alicyclic amines) is 2. The highest BCUT2D eigenvalue weighted by Crippen LogP contribution is 2.38. The monoisotopic (exact) mass is 544 g/mol. The number of hydrogen-bond donors (Lipinski definition) is 2. The molecule has 0 unspecified atom stereocenters. The van der Waals surface area contributed by atoms with Gasteiger partial charge in [-0.3, -0.25) is 14.4 Å². The van der Waals surface area contributed by atoms with Crippen LogP contribution in [0.15, 0.2) is 48.5 Å². The van der Waals surface area contributed by atoms with Crippen molar-refractivity contribution < 1.29 is 23.5 Å². The lowest BCUT2D eigenvalue weighted by Gasteiger charge is -2.39. The Kier molecular flexibility index (Phi) is 6.20. The van der Waals surface area contributed by atoms with Crippen LogP contribution in [0.1, 0.15) is 54.6 Å². The molecule has 4 heterocycles. The minimum Gasteiger partial charge on any atom is -0.495 e. The Hall–Kier alpha value is -4.14. The molecule has 2 bridgehead atoms. The smallest absolute Gasteiger partial charge is 0.270 e. The number of hydrogen-bond acceptors (Lipinski definition) is 4. The van der Waals surface area contributed by atoms with Crippen molar-refractivity contribution in [3.63, 3.8) is 0 Å². The summed E-state index contributed by atoms with van der Waals surface area (Å²) in [7, 11) is 1.60. The van der Waals surface area contributed by atoms with Gasteiger partial charge in [0.15, 0.2) is 5.78 Å². The van der Waals surface area contributed by atoms with Gasteiger partial charge in [-0.15, -0.1) is 0 Å². The van der Waals surface area contributed by atoms with E-state index in [-0.39, 0.29) is 36.1 Å². The summed E-state index contributed by atoms with van der Waals surface area (Å²) in [5, 5.41) is 1.52. The number of carbonyl (C=O) groups excluding carboxylic acids is 3. The van der Waals surface area contributed by atoms with E-state index >= 15 is 0 Å². The third-order valence-electron chi connectivity index (χ3n) is 8.49. The van der Waals surface area contributed by atoms with E-state index in [4.69, 9.17) is 4.74 Å². The largest absolute Gasteiger partial charge is 0.495 e. The molecule has 2 amide bonds. The number of aromatic nitrogens is 2. The number of H-pyrrole nitrogens is 2. The van der Waals surface area contributed by atoms with Crippen LogP contribution in [0.5, 0.6) is 5.75 Å². The van der Waals surface area contributed by atoms with E-state index in [2.05, 4.69) is 9.97 Å². The molecular weight excluding hydrogens is 511 g/mol. The van der Waals surface area contributed by atoms with Crippen LogP contribution in [0.3, 0.4) is 0 Å². The molecule has 0 spiro atoms. The van der Waals surface area contributed by atoms with Crippen molar-refractivity contribution in [1.82, 2.24) is 19.8 Å². The van der Waals surface area contributed by atoms with Gasteiger partial charge < -0.3 is 24.5 Å². The molecule has 2 aliphatic heterocycles. The molecule has 2 aliphatic rings. The summed E-state index contributed by atoms with van der Waals surface area (Å²) in [6.07, 6.45) is 0.733. The average molecular weight is 545 g/mol. The second kappa shape index (κ2) is 9.50. The van der Waals surface area contributed by atoms with E-state index in [1.165, 1.54) is 6.07 Å². The maximum Gasteiger partial charge on any atom is 0.270 e. The maximum absolute atomic E-state index is 14.2. The molecule has 4 aromatic rings. The summed E-state index contributed by atoms with van der Waals surface area (Å²) in [6, 6.07) is 13.7. The number of nitrogens with one attached hydrogen (secondary N) is 2. The number of ketones is 1. The minimum absolute atomic E-state index is 0.0181. The number of nitrogens with zero attached hydrogens (tertiary/aromatic N) is 2. The molecule has 3 atom stereocenters. The third-order valence-corrected chi connectivity index (χ3v) is 8.49. The van der Waals surface area contributed by atoms with Gasteiger partial charge in [0.2, 0.25) is 5.91 Å². The summed E-state index contributed by atoms with van der Waals surface area (Å²) in [5.74, 6) is -0.680. The minimum atomic E-state index is -0.555. The molecule has 2 aromatic carbocycles. The van der Waals surface area contributed by atoms with Crippen LogP contribution < -0.4 is 4.74 Å². The van der Waals surface area contributed by atoms with Crippen molar-refractivity contribution >= 4 is 39.4 Å². The molecule has 2 saturated heterocycles. The van der Waals surface area contributed by atoms with Gasteiger partial charge in [-0.1, -0.05) is 45.0 Å². The lowest BCUT2D eigenvalue weighted by Crippen LogP contribution is -2.53. The van der Waals surface area contributed by atoms with Gasteiger partial charge in [0.25, 0.3) is 5.91 Å². The van der Waals surface area contributed by atoms with Crippen molar-refractivity contribution in [3.8, 4) is 5.75 Å². The Bertz CT molecular complexity index is 1650. The Morgan fingerprint density at radius 3 is 2.23 bits per heavy atom. The number of rotatable bonds is 6. The highest BCUT2D eigenvalue weighted by atomic mass is 19.1. The zero-order valence-corrected chi connectivity index (χ0v) is 23.1. The first-order valence-corrected chi connectivity index (χ1v) is 13.6. The van der Waals surface area contributed by atoms with Crippen molar-refractivity contribution in [2.24, 2.45) is 11.3 Å². The van der Waals surface area contributed by atoms with Gasteiger partial charge in [-0.25, -0.2) is 4.39 Å². The predicted molar refractivity (Wildman–Crippen MR) is 150 cm³/mol. The fourth-order valence-corrected chi connectivity index (χ4v) is 6.28. The molecule has 2 aromatic heterocycles. The van der Waals surface area contributed by atoms with E-state index in [9.17, 15) is 18.8 Å². The maximum atomic E-state index is 14.2. The van der Waals surface area contributed by atoms with Crippen molar-refractivity contribution in [2.45, 2.75) is 45.7 Å². The van der Waals surface area contributed by atoms with Crippen molar-refractivity contribution in [1.29, 1.82) is 0 Å². The number of fused-ring (bicyclic) bond motifs is 4. The van der Waals surface area contributed by atoms with Gasteiger partial charge in [0, 0.05) is 30.3 Å². The van der Waals surface area contributed by atoms with E-state index in [0.29, 0.717) is 47.6 Å². The van der Waals surface area contributed by atoms with Crippen LogP contribution in [0, 0.1) is 17.2 Å². The van der Waals surface area contributed by atoms with E-state index in [1.54, 1.807) is 25.3 Å². The number of methoxy groups -OCH3 is 1. The summed E-state index contributed by atoms with van der Waals surface area (Å²) >= 11 is 0. The van der Waals surface area contributed by atoms with Gasteiger partial charge in [-0.2, -0.15) is 0 Å². The molecule has 2 N–H and O–H groups in total. The molecular formula is C31H33FN4O4. The van der Waals surface area contributed by atoms with Gasteiger partial charge >= 0.3 is 0 Å². The molecule has 0 radical (unpaired) electrons. The molecule has 208 valence electrons. The number of halogens is 1. The third kappa shape index (κ3) is 4.33. The van der Waals surface area contributed by atoms with Crippen LogP contribution >= 0.6 is 0 Å². The molecule has 8 nitrogen and oxygen atoms in total. The van der Waals surface area contributed by atoms with Crippen LogP contribution in [0.2, 0.25) is 0 Å². The number of benzene rings is 2. The number of aromatic amines is 2. The van der Waals surface area contributed by atoms with E-state index in [0.717, 1.165) is 10.9 Å². The summed E-state index contributed by atoms with van der Waals surface area (Å²) in [5.41, 5.74) is 1.41. The predicted octanol–water partition coefficient (Wildman–Crippen LogP) is 5.16. The summed E-state index contributed by atoms with van der Waals surface area (Å²) < 4.78 is 19.6. The second-order valence-electron chi connectivity index (χ2n) is 12.0. The van der Waals surface area contributed by atoms with Gasteiger partial charge in [0.1, 0.15) is 17.3 Å². The zero-order chi connectivity index (χ0) is 28.3. The fraction of sp³-hybridized carbons (Fsp3) is 0.387. The number of Topliss-reactive ketones (excluding diaryl/α,β-unsaturated/α-hetero) is 1. The fourth-order valence-electron chi connectivity index (χ4n) is 6.28. The lowest BCUT2D eigenvalue weighted by atomic mass is 9.76.